The van der Waals surface area contributed by atoms with Gasteiger partial charge in [0.2, 0.25) is 0 Å². The molecule has 0 amide bonds. The van der Waals surface area contributed by atoms with Gasteiger partial charge in [0.05, 0.1) is 0 Å². The molecule has 1 aliphatic carbocycles. The molecule has 4 rings (SSSR count). The molecule has 1 atom stereocenters. The smallest absolute Gasteiger partial charge is 0.0279 e. The highest BCUT2D eigenvalue weighted by atomic mass is 79.9. The number of benzene rings is 3. The van der Waals surface area contributed by atoms with E-state index in [-0.39, 0.29) is 0 Å². The van der Waals surface area contributed by atoms with Crippen LogP contribution in [0.3, 0.4) is 0 Å². The van der Waals surface area contributed by atoms with Gasteiger partial charge in [0.1, 0.15) is 0 Å². The molecule has 3 aromatic rings. The van der Waals surface area contributed by atoms with Crippen LogP contribution >= 0.6 is 15.9 Å². The second kappa shape index (κ2) is 4.85. The van der Waals surface area contributed by atoms with Gasteiger partial charge < -0.3 is 0 Å². The fourth-order valence-corrected chi connectivity index (χ4v) is 3.63. The van der Waals surface area contributed by atoms with Gasteiger partial charge in [0, 0.05) is 10.4 Å². The van der Waals surface area contributed by atoms with Crippen LogP contribution in [0.4, 0.5) is 0 Å². The zero-order valence-electron chi connectivity index (χ0n) is 11.8. The number of rotatable bonds is 1. The van der Waals surface area contributed by atoms with Crippen molar-refractivity contribution in [2.75, 3.05) is 0 Å². The number of halogens is 1. The Bertz CT molecular complexity index is 874. The first-order chi connectivity index (χ1) is 10.2. The topological polar surface area (TPSA) is 0 Å². The molecule has 0 radical (unpaired) electrons. The van der Waals surface area contributed by atoms with Crippen LogP contribution in [0, 0.1) is 6.92 Å². The standard InChI is InChI=1S/C20H15Br/c1-13-10-16(11-15-6-8-17(21)12-20(13)15)19-9-7-14-4-2-3-5-18(14)19/h2-12,19H,1H3. The summed E-state index contributed by atoms with van der Waals surface area (Å²) in [6.07, 6.45) is 4.55. The Kier molecular flexibility index (Phi) is 2.97. The summed E-state index contributed by atoms with van der Waals surface area (Å²) in [7, 11) is 0. The van der Waals surface area contributed by atoms with E-state index >= 15 is 0 Å². The molecule has 0 N–H and O–H groups in total. The molecular formula is C20H15Br. The molecule has 1 heteroatoms. The molecule has 0 fully saturated rings. The Labute approximate surface area is 133 Å². The molecule has 3 aromatic carbocycles. The van der Waals surface area contributed by atoms with Crippen LogP contribution in [0.2, 0.25) is 0 Å². The number of hydrogen-bond acceptors (Lipinski definition) is 0. The lowest BCUT2D eigenvalue weighted by atomic mass is 9.90. The van der Waals surface area contributed by atoms with Crippen molar-refractivity contribution in [3.63, 3.8) is 0 Å². The van der Waals surface area contributed by atoms with Gasteiger partial charge in [-0.1, -0.05) is 70.5 Å². The second-order valence-corrected chi connectivity index (χ2v) is 6.58. The van der Waals surface area contributed by atoms with Crippen molar-refractivity contribution in [3.8, 4) is 0 Å². The van der Waals surface area contributed by atoms with E-state index in [4.69, 9.17) is 0 Å². The first kappa shape index (κ1) is 12.8. The lowest BCUT2D eigenvalue weighted by Gasteiger charge is -2.14. The molecule has 0 nitrogen and oxygen atoms in total. The van der Waals surface area contributed by atoms with Gasteiger partial charge in [-0.05, 0) is 52.1 Å². The zero-order chi connectivity index (χ0) is 14.4. The maximum atomic E-state index is 3.56. The van der Waals surface area contributed by atoms with Gasteiger partial charge in [-0.3, -0.25) is 0 Å². The molecule has 0 aliphatic heterocycles. The number of aryl methyl sites for hydroxylation is 1. The van der Waals surface area contributed by atoms with Crippen molar-refractivity contribution in [1.29, 1.82) is 0 Å². The molecule has 0 bridgehead atoms. The van der Waals surface area contributed by atoms with Crippen molar-refractivity contribution in [2.24, 2.45) is 0 Å². The number of hydrogen-bond donors (Lipinski definition) is 0. The SMILES string of the molecule is Cc1cc(C2C=Cc3ccccc32)cc2ccc(Br)cc12. The fourth-order valence-electron chi connectivity index (χ4n) is 3.26. The second-order valence-electron chi connectivity index (χ2n) is 5.67. The molecule has 21 heavy (non-hydrogen) atoms. The third kappa shape index (κ3) is 2.13. The summed E-state index contributed by atoms with van der Waals surface area (Å²) in [4.78, 5) is 0. The van der Waals surface area contributed by atoms with Gasteiger partial charge in [0.15, 0.2) is 0 Å². The Morgan fingerprint density at radius 2 is 1.81 bits per heavy atom. The maximum Gasteiger partial charge on any atom is 0.0279 e. The fraction of sp³-hybridized carbons (Fsp3) is 0.100. The van der Waals surface area contributed by atoms with Crippen molar-refractivity contribution < 1.29 is 0 Å². The first-order valence-electron chi connectivity index (χ1n) is 7.19. The van der Waals surface area contributed by atoms with Crippen LogP contribution in [0.25, 0.3) is 16.8 Å². The Morgan fingerprint density at radius 1 is 0.952 bits per heavy atom. The van der Waals surface area contributed by atoms with Crippen molar-refractivity contribution >= 4 is 32.8 Å². The van der Waals surface area contributed by atoms with Crippen molar-refractivity contribution in [2.45, 2.75) is 12.8 Å². The predicted molar refractivity (Wildman–Crippen MR) is 93.7 cm³/mol. The molecule has 1 unspecified atom stereocenters. The number of fused-ring (bicyclic) bond motifs is 2. The number of allylic oxidation sites excluding steroid dienone is 1. The van der Waals surface area contributed by atoms with E-state index in [1.54, 1.807) is 0 Å². The van der Waals surface area contributed by atoms with Crippen LogP contribution in [0.1, 0.15) is 28.2 Å². The van der Waals surface area contributed by atoms with E-state index in [1.807, 2.05) is 0 Å². The van der Waals surface area contributed by atoms with E-state index in [1.165, 1.54) is 33.0 Å². The summed E-state index contributed by atoms with van der Waals surface area (Å²) < 4.78 is 1.14. The van der Waals surface area contributed by atoms with E-state index in [2.05, 4.69) is 89.6 Å². The average molecular weight is 335 g/mol. The zero-order valence-corrected chi connectivity index (χ0v) is 13.4. The molecule has 0 aromatic heterocycles. The minimum absolute atomic E-state index is 0.382. The Hall–Kier alpha value is -1.86. The van der Waals surface area contributed by atoms with Gasteiger partial charge in [0.25, 0.3) is 0 Å². The largest absolute Gasteiger partial charge is 0.0720 e. The summed E-state index contributed by atoms with van der Waals surface area (Å²) in [5, 5.41) is 2.63. The lowest BCUT2D eigenvalue weighted by molar-refractivity contribution is 1.05. The highest BCUT2D eigenvalue weighted by Crippen LogP contribution is 2.37. The Morgan fingerprint density at radius 3 is 2.71 bits per heavy atom. The summed E-state index contributed by atoms with van der Waals surface area (Å²) >= 11 is 3.56. The van der Waals surface area contributed by atoms with Crippen molar-refractivity contribution in [1.82, 2.24) is 0 Å². The Balaban J connectivity index is 1.89. The summed E-state index contributed by atoms with van der Waals surface area (Å²) in [6.45, 7) is 2.20. The molecule has 0 saturated heterocycles. The molecule has 1 aliphatic rings. The van der Waals surface area contributed by atoms with Crippen LogP contribution in [0.5, 0.6) is 0 Å². The molecule has 0 heterocycles. The third-order valence-electron chi connectivity index (χ3n) is 4.30. The van der Waals surface area contributed by atoms with E-state index in [0.29, 0.717) is 5.92 Å². The van der Waals surface area contributed by atoms with Crippen molar-refractivity contribution in [3.05, 3.63) is 87.4 Å². The molecule has 0 spiro atoms. The summed E-state index contributed by atoms with van der Waals surface area (Å²) in [5.41, 5.74) is 5.47. The van der Waals surface area contributed by atoms with Crippen LogP contribution in [-0.4, -0.2) is 0 Å². The van der Waals surface area contributed by atoms with E-state index in [9.17, 15) is 0 Å². The highest BCUT2D eigenvalue weighted by Gasteiger charge is 2.19. The quantitative estimate of drug-likeness (QED) is 0.506. The normalized spacial score (nSPS) is 16.4. The molecule has 0 saturated carbocycles. The predicted octanol–water partition coefficient (Wildman–Crippen LogP) is 6.07. The van der Waals surface area contributed by atoms with Crippen LogP contribution in [0.15, 0.2) is 65.1 Å². The van der Waals surface area contributed by atoms with E-state index in [0.717, 1.165) is 4.47 Å². The first-order valence-corrected chi connectivity index (χ1v) is 7.98. The highest BCUT2D eigenvalue weighted by molar-refractivity contribution is 9.10. The molecular weight excluding hydrogens is 320 g/mol. The summed E-state index contributed by atoms with van der Waals surface area (Å²) in [5.74, 6) is 0.382. The van der Waals surface area contributed by atoms with Crippen LogP contribution in [-0.2, 0) is 0 Å². The van der Waals surface area contributed by atoms with Gasteiger partial charge in [-0.25, -0.2) is 0 Å². The third-order valence-corrected chi connectivity index (χ3v) is 4.80. The monoisotopic (exact) mass is 334 g/mol. The maximum absolute atomic E-state index is 3.56. The summed E-state index contributed by atoms with van der Waals surface area (Å²) in [6, 6.07) is 19.8. The lowest BCUT2D eigenvalue weighted by Crippen LogP contribution is -1.97. The van der Waals surface area contributed by atoms with Crippen LogP contribution < -0.4 is 0 Å². The van der Waals surface area contributed by atoms with Gasteiger partial charge in [-0.2, -0.15) is 0 Å². The minimum Gasteiger partial charge on any atom is -0.0720 e. The average Bonchev–Trinajstić information content (AvgIpc) is 2.92. The van der Waals surface area contributed by atoms with Gasteiger partial charge >= 0.3 is 0 Å². The molecule has 102 valence electrons. The van der Waals surface area contributed by atoms with Gasteiger partial charge in [-0.15, -0.1) is 0 Å². The van der Waals surface area contributed by atoms with E-state index < -0.39 is 0 Å². The minimum atomic E-state index is 0.382.